The summed E-state index contributed by atoms with van der Waals surface area (Å²) in [4.78, 5) is 15.5. The van der Waals surface area contributed by atoms with Crippen LogP contribution in [-0.2, 0) is 0 Å². The van der Waals surface area contributed by atoms with Gasteiger partial charge in [-0.15, -0.1) is 11.3 Å². The van der Waals surface area contributed by atoms with Crippen LogP contribution in [0.2, 0.25) is 0 Å². The maximum Gasteiger partial charge on any atom is 0.261 e. The normalized spacial score (nSPS) is 17.2. The lowest BCUT2D eigenvalue weighted by molar-refractivity contribution is 0.0949. The highest BCUT2D eigenvalue weighted by atomic mass is 32.1. The second kappa shape index (κ2) is 6.58. The second-order valence-corrected chi connectivity index (χ2v) is 7.06. The summed E-state index contributed by atoms with van der Waals surface area (Å²) < 4.78 is 1.17. The van der Waals surface area contributed by atoms with E-state index < -0.39 is 0 Å². The van der Waals surface area contributed by atoms with Crippen LogP contribution in [0.15, 0.2) is 30.3 Å². The number of likely N-dealkylation sites (tertiary alicyclic amines) is 1. The fraction of sp³-hybridized carbons (Fsp3) is 0.471. The van der Waals surface area contributed by atoms with Gasteiger partial charge in [-0.1, -0.05) is 25.1 Å². The van der Waals surface area contributed by atoms with Crippen molar-refractivity contribution < 1.29 is 4.79 Å². The topological polar surface area (TPSA) is 32.3 Å². The van der Waals surface area contributed by atoms with E-state index in [0.29, 0.717) is 5.92 Å². The Hall–Kier alpha value is -1.39. The van der Waals surface area contributed by atoms with Gasteiger partial charge in [0.1, 0.15) is 0 Å². The monoisotopic (exact) mass is 302 g/mol. The molecule has 1 N–H and O–H groups in total. The molecule has 0 bridgehead atoms. The standard InChI is InChI=1S/C17H22N2OS/c1-13(12-19-8-4-5-9-19)11-18-17(20)16-10-14-6-2-3-7-15(14)21-16/h2-3,6-7,10,13H,4-5,8-9,11-12H2,1H3,(H,18,20)/t13-/m0/s1. The second-order valence-electron chi connectivity index (χ2n) is 5.97. The summed E-state index contributed by atoms with van der Waals surface area (Å²) >= 11 is 1.57. The number of carbonyl (C=O) groups excluding carboxylic acids is 1. The molecule has 1 aliphatic heterocycles. The third-order valence-electron chi connectivity index (χ3n) is 4.03. The van der Waals surface area contributed by atoms with Crippen LogP contribution in [-0.4, -0.2) is 37.0 Å². The van der Waals surface area contributed by atoms with Gasteiger partial charge in [0.05, 0.1) is 4.88 Å². The molecule has 2 heterocycles. The minimum absolute atomic E-state index is 0.0597. The van der Waals surface area contributed by atoms with E-state index >= 15 is 0 Å². The summed E-state index contributed by atoms with van der Waals surface area (Å²) in [7, 11) is 0. The van der Waals surface area contributed by atoms with Gasteiger partial charge < -0.3 is 10.2 Å². The van der Waals surface area contributed by atoms with Crippen molar-refractivity contribution in [1.29, 1.82) is 0 Å². The average Bonchev–Trinajstić information content (AvgIpc) is 3.13. The molecule has 0 unspecified atom stereocenters. The number of hydrogen-bond donors (Lipinski definition) is 1. The highest BCUT2D eigenvalue weighted by Crippen LogP contribution is 2.25. The minimum atomic E-state index is 0.0597. The van der Waals surface area contributed by atoms with Crippen LogP contribution in [0.25, 0.3) is 10.1 Å². The fourth-order valence-corrected chi connectivity index (χ4v) is 3.90. The molecule has 1 amide bonds. The maximum atomic E-state index is 12.2. The summed E-state index contributed by atoms with van der Waals surface area (Å²) in [5, 5.41) is 4.23. The molecule has 0 spiro atoms. The molecule has 4 heteroatoms. The predicted molar refractivity (Wildman–Crippen MR) is 89.0 cm³/mol. The van der Waals surface area contributed by atoms with Crippen LogP contribution >= 0.6 is 11.3 Å². The highest BCUT2D eigenvalue weighted by molar-refractivity contribution is 7.20. The number of carbonyl (C=O) groups is 1. The average molecular weight is 302 g/mol. The lowest BCUT2D eigenvalue weighted by Crippen LogP contribution is -2.34. The zero-order chi connectivity index (χ0) is 14.7. The van der Waals surface area contributed by atoms with Crippen LogP contribution in [0.4, 0.5) is 0 Å². The first-order valence-corrected chi connectivity index (χ1v) is 8.53. The maximum absolute atomic E-state index is 12.2. The number of fused-ring (bicyclic) bond motifs is 1. The number of amides is 1. The Balaban J connectivity index is 1.53. The summed E-state index contributed by atoms with van der Waals surface area (Å²) in [5.41, 5.74) is 0. The van der Waals surface area contributed by atoms with Crippen molar-refractivity contribution in [3.8, 4) is 0 Å². The first-order chi connectivity index (χ1) is 10.2. The van der Waals surface area contributed by atoms with Crippen molar-refractivity contribution in [1.82, 2.24) is 10.2 Å². The molecule has 0 radical (unpaired) electrons. The lowest BCUT2D eigenvalue weighted by atomic mass is 10.1. The first kappa shape index (κ1) is 14.5. The van der Waals surface area contributed by atoms with Crippen LogP contribution in [0.1, 0.15) is 29.4 Å². The molecule has 2 aromatic rings. The summed E-state index contributed by atoms with van der Waals surface area (Å²) in [6, 6.07) is 10.1. The van der Waals surface area contributed by atoms with E-state index in [9.17, 15) is 4.79 Å². The number of rotatable bonds is 5. The molecule has 1 aromatic carbocycles. The summed E-state index contributed by atoms with van der Waals surface area (Å²) in [6.45, 7) is 6.49. The van der Waals surface area contributed by atoms with Crippen molar-refractivity contribution in [3.63, 3.8) is 0 Å². The van der Waals surface area contributed by atoms with E-state index in [2.05, 4.69) is 29.3 Å². The smallest absolute Gasteiger partial charge is 0.261 e. The van der Waals surface area contributed by atoms with Crippen LogP contribution in [0.5, 0.6) is 0 Å². The molecule has 1 aromatic heterocycles. The van der Waals surface area contributed by atoms with Gasteiger partial charge in [0.25, 0.3) is 5.91 Å². The number of nitrogens with one attached hydrogen (secondary N) is 1. The van der Waals surface area contributed by atoms with Gasteiger partial charge >= 0.3 is 0 Å². The molecule has 0 saturated carbocycles. The Kier molecular flexibility index (Phi) is 4.56. The van der Waals surface area contributed by atoms with Crippen LogP contribution in [0, 0.1) is 5.92 Å². The Morgan fingerprint density at radius 1 is 1.33 bits per heavy atom. The van der Waals surface area contributed by atoms with Gasteiger partial charge in [0.15, 0.2) is 0 Å². The molecular formula is C17H22N2OS. The van der Waals surface area contributed by atoms with E-state index in [4.69, 9.17) is 0 Å². The summed E-state index contributed by atoms with van der Waals surface area (Å²) in [6.07, 6.45) is 2.64. The highest BCUT2D eigenvalue weighted by Gasteiger charge is 2.16. The van der Waals surface area contributed by atoms with Crippen molar-refractivity contribution in [2.45, 2.75) is 19.8 Å². The van der Waals surface area contributed by atoms with Crippen molar-refractivity contribution in [2.24, 2.45) is 5.92 Å². The molecule has 21 heavy (non-hydrogen) atoms. The van der Waals surface area contributed by atoms with Crippen molar-refractivity contribution in [3.05, 3.63) is 35.2 Å². The quantitative estimate of drug-likeness (QED) is 0.918. The van der Waals surface area contributed by atoms with E-state index in [-0.39, 0.29) is 5.91 Å². The molecule has 1 aliphatic rings. The Morgan fingerprint density at radius 2 is 2.10 bits per heavy atom. The zero-order valence-corrected chi connectivity index (χ0v) is 13.3. The Bertz CT molecular complexity index is 583. The van der Waals surface area contributed by atoms with E-state index in [1.807, 2.05) is 18.2 Å². The van der Waals surface area contributed by atoms with Gasteiger partial charge in [0.2, 0.25) is 0 Å². The molecule has 1 fully saturated rings. The number of thiophene rings is 1. The number of benzene rings is 1. The zero-order valence-electron chi connectivity index (χ0n) is 12.5. The van der Waals surface area contributed by atoms with Gasteiger partial charge in [-0.25, -0.2) is 0 Å². The van der Waals surface area contributed by atoms with E-state index in [0.717, 1.165) is 23.4 Å². The number of hydrogen-bond acceptors (Lipinski definition) is 3. The molecule has 112 valence electrons. The molecule has 3 nitrogen and oxygen atoms in total. The van der Waals surface area contributed by atoms with Crippen LogP contribution < -0.4 is 5.32 Å². The SMILES string of the molecule is C[C@@H](CNC(=O)c1cc2ccccc2s1)CN1CCCC1. The lowest BCUT2D eigenvalue weighted by Gasteiger charge is -2.20. The van der Waals surface area contributed by atoms with E-state index in [1.165, 1.54) is 30.6 Å². The van der Waals surface area contributed by atoms with Crippen molar-refractivity contribution in [2.75, 3.05) is 26.2 Å². The van der Waals surface area contributed by atoms with Gasteiger partial charge in [-0.2, -0.15) is 0 Å². The third-order valence-corrected chi connectivity index (χ3v) is 5.14. The molecule has 3 rings (SSSR count). The predicted octanol–water partition coefficient (Wildman–Crippen LogP) is 3.36. The summed E-state index contributed by atoms with van der Waals surface area (Å²) in [5.74, 6) is 0.561. The Morgan fingerprint density at radius 3 is 2.86 bits per heavy atom. The molecule has 1 atom stereocenters. The number of nitrogens with zero attached hydrogens (tertiary/aromatic N) is 1. The fourth-order valence-electron chi connectivity index (χ4n) is 2.92. The van der Waals surface area contributed by atoms with Gasteiger partial charge in [0, 0.05) is 17.8 Å². The van der Waals surface area contributed by atoms with Crippen LogP contribution in [0.3, 0.4) is 0 Å². The first-order valence-electron chi connectivity index (χ1n) is 7.71. The molecular weight excluding hydrogens is 280 g/mol. The third kappa shape index (κ3) is 3.63. The molecule has 1 saturated heterocycles. The molecule has 0 aliphatic carbocycles. The Labute approximate surface area is 130 Å². The van der Waals surface area contributed by atoms with Gasteiger partial charge in [-0.05, 0) is 49.4 Å². The van der Waals surface area contributed by atoms with Gasteiger partial charge in [-0.3, -0.25) is 4.79 Å². The minimum Gasteiger partial charge on any atom is -0.351 e. The van der Waals surface area contributed by atoms with Crippen molar-refractivity contribution >= 4 is 27.3 Å². The van der Waals surface area contributed by atoms with E-state index in [1.54, 1.807) is 11.3 Å². The largest absolute Gasteiger partial charge is 0.351 e.